The lowest BCUT2D eigenvalue weighted by molar-refractivity contribution is 0.283. The molecule has 0 fully saturated rings. The van der Waals surface area contributed by atoms with E-state index >= 15 is 0 Å². The second kappa shape index (κ2) is 14.8. The van der Waals surface area contributed by atoms with Crippen LogP contribution in [0.2, 0.25) is 0 Å². The molecule has 108 valence electrons. The molecule has 0 aliphatic rings. The highest BCUT2D eigenvalue weighted by atomic mass is 16.2. The molecule has 0 atom stereocenters. The fourth-order valence-electron chi connectivity index (χ4n) is 2.24. The molecular weight excluding hydrogens is 220 g/mol. The molecule has 0 aromatic carbocycles. The maximum Gasteiger partial charge on any atom is 0.0431 e. The van der Waals surface area contributed by atoms with Gasteiger partial charge >= 0.3 is 0 Å². The summed E-state index contributed by atoms with van der Waals surface area (Å²) in [7, 11) is 0. The van der Waals surface area contributed by atoms with Crippen molar-refractivity contribution in [3.63, 3.8) is 0 Å². The molecule has 0 aromatic heterocycles. The first-order chi connectivity index (χ1) is 8.81. The number of rotatable bonds is 13. The molecule has 0 bridgehead atoms. The van der Waals surface area contributed by atoms with Gasteiger partial charge in [0.15, 0.2) is 0 Å². The van der Waals surface area contributed by atoms with Crippen LogP contribution >= 0.6 is 0 Å². The molecule has 0 aliphatic carbocycles. The first-order valence-electron chi connectivity index (χ1n) is 8.07. The fraction of sp³-hybridized carbons (Fsp3) is 0.882. The van der Waals surface area contributed by atoms with Crippen LogP contribution in [-0.2, 0) is 0 Å². The quantitative estimate of drug-likeness (QED) is 0.334. The van der Waals surface area contributed by atoms with E-state index in [2.05, 4.69) is 19.9 Å². The van der Waals surface area contributed by atoms with E-state index in [1.165, 1.54) is 64.2 Å². The fourth-order valence-corrected chi connectivity index (χ4v) is 2.24. The Bertz CT molecular complexity index is 184. The van der Waals surface area contributed by atoms with Gasteiger partial charge in [0.25, 0.3) is 0 Å². The predicted molar refractivity (Wildman–Crippen MR) is 81.9 cm³/mol. The zero-order chi connectivity index (χ0) is 13.5. The summed E-state index contributed by atoms with van der Waals surface area (Å²) in [5.41, 5.74) is 1.56. The molecule has 0 radical (unpaired) electrons. The molecule has 1 heteroatoms. The van der Waals surface area contributed by atoms with Gasteiger partial charge in [-0.15, -0.1) is 0 Å². The largest absolute Gasteiger partial charge is 0.396 e. The van der Waals surface area contributed by atoms with Crippen molar-refractivity contribution < 1.29 is 5.11 Å². The lowest BCUT2D eigenvalue weighted by atomic mass is 10.0. The zero-order valence-corrected chi connectivity index (χ0v) is 12.7. The average Bonchev–Trinajstić information content (AvgIpc) is 2.37. The Labute approximate surface area is 115 Å². The standard InChI is InChI=1S/C17H34O/c1-3-4-5-6-7-8-11-14-17(2)15-12-9-10-13-16-18/h15,18H,3-14,16H2,1-2H3. The SMILES string of the molecule is CCCCCCCCCC(C)=CCCCCCO. The van der Waals surface area contributed by atoms with E-state index in [1.807, 2.05) is 0 Å². The Balaban J connectivity index is 3.24. The van der Waals surface area contributed by atoms with Crippen LogP contribution in [0.25, 0.3) is 0 Å². The molecule has 0 heterocycles. The third kappa shape index (κ3) is 13.8. The van der Waals surface area contributed by atoms with Crippen LogP contribution in [-0.4, -0.2) is 11.7 Å². The molecule has 0 saturated heterocycles. The predicted octanol–water partition coefficient (Wildman–Crippen LogP) is 5.63. The van der Waals surface area contributed by atoms with Crippen LogP contribution in [0.5, 0.6) is 0 Å². The maximum atomic E-state index is 8.68. The lowest BCUT2D eigenvalue weighted by Gasteiger charge is -2.03. The second-order valence-electron chi connectivity index (χ2n) is 5.49. The Morgan fingerprint density at radius 2 is 1.44 bits per heavy atom. The van der Waals surface area contributed by atoms with Crippen molar-refractivity contribution in [3.05, 3.63) is 11.6 Å². The van der Waals surface area contributed by atoms with Gasteiger partial charge in [-0.3, -0.25) is 0 Å². The van der Waals surface area contributed by atoms with Crippen LogP contribution < -0.4 is 0 Å². The number of unbranched alkanes of at least 4 members (excludes halogenated alkanes) is 9. The van der Waals surface area contributed by atoms with Crippen molar-refractivity contribution in [2.24, 2.45) is 0 Å². The minimum Gasteiger partial charge on any atom is -0.396 e. The minimum atomic E-state index is 0.348. The summed E-state index contributed by atoms with van der Waals surface area (Å²) in [6.07, 6.45) is 18.0. The van der Waals surface area contributed by atoms with Gasteiger partial charge in [-0.1, -0.05) is 63.5 Å². The Morgan fingerprint density at radius 3 is 2.11 bits per heavy atom. The zero-order valence-electron chi connectivity index (χ0n) is 12.7. The Morgan fingerprint density at radius 1 is 0.833 bits per heavy atom. The van der Waals surface area contributed by atoms with Gasteiger partial charge in [-0.05, 0) is 39.0 Å². The summed E-state index contributed by atoms with van der Waals surface area (Å²) in [6, 6.07) is 0. The van der Waals surface area contributed by atoms with Crippen LogP contribution in [0.4, 0.5) is 0 Å². The number of allylic oxidation sites excluding steroid dienone is 2. The Hall–Kier alpha value is -0.300. The molecule has 1 nitrogen and oxygen atoms in total. The highest BCUT2D eigenvalue weighted by Crippen LogP contribution is 2.13. The lowest BCUT2D eigenvalue weighted by Crippen LogP contribution is -1.84. The third-order valence-corrected chi connectivity index (χ3v) is 3.53. The van der Waals surface area contributed by atoms with Crippen molar-refractivity contribution >= 4 is 0 Å². The summed E-state index contributed by atoms with van der Waals surface area (Å²) in [5, 5.41) is 8.68. The van der Waals surface area contributed by atoms with E-state index in [-0.39, 0.29) is 0 Å². The van der Waals surface area contributed by atoms with E-state index in [4.69, 9.17) is 5.11 Å². The molecule has 0 aromatic rings. The molecular formula is C17H34O. The van der Waals surface area contributed by atoms with Crippen molar-refractivity contribution in [2.45, 2.75) is 90.9 Å². The monoisotopic (exact) mass is 254 g/mol. The summed E-state index contributed by atoms with van der Waals surface area (Å²) < 4.78 is 0. The Kier molecular flexibility index (Phi) is 14.5. The summed E-state index contributed by atoms with van der Waals surface area (Å²) >= 11 is 0. The highest BCUT2D eigenvalue weighted by molar-refractivity contribution is 4.97. The van der Waals surface area contributed by atoms with Gasteiger partial charge < -0.3 is 5.11 Å². The van der Waals surface area contributed by atoms with E-state index in [1.54, 1.807) is 5.57 Å². The van der Waals surface area contributed by atoms with Gasteiger partial charge in [0, 0.05) is 6.61 Å². The molecule has 1 N–H and O–H groups in total. The molecule has 18 heavy (non-hydrogen) atoms. The third-order valence-electron chi connectivity index (χ3n) is 3.53. The van der Waals surface area contributed by atoms with Gasteiger partial charge in [-0.2, -0.15) is 0 Å². The second-order valence-corrected chi connectivity index (χ2v) is 5.49. The molecule has 0 saturated carbocycles. The van der Waals surface area contributed by atoms with E-state index in [9.17, 15) is 0 Å². The molecule has 0 aliphatic heterocycles. The van der Waals surface area contributed by atoms with Crippen molar-refractivity contribution in [1.82, 2.24) is 0 Å². The van der Waals surface area contributed by atoms with Crippen molar-refractivity contribution in [3.8, 4) is 0 Å². The molecule has 0 amide bonds. The maximum absolute atomic E-state index is 8.68. The van der Waals surface area contributed by atoms with E-state index in [0.717, 1.165) is 12.8 Å². The van der Waals surface area contributed by atoms with Gasteiger partial charge in [0.05, 0.1) is 0 Å². The summed E-state index contributed by atoms with van der Waals surface area (Å²) in [5.74, 6) is 0. The van der Waals surface area contributed by atoms with Crippen molar-refractivity contribution in [2.75, 3.05) is 6.61 Å². The minimum absolute atomic E-state index is 0.348. The van der Waals surface area contributed by atoms with E-state index in [0.29, 0.717) is 6.61 Å². The van der Waals surface area contributed by atoms with Crippen LogP contribution in [0.15, 0.2) is 11.6 Å². The number of aliphatic hydroxyl groups is 1. The molecule has 0 rings (SSSR count). The molecule has 0 spiro atoms. The normalized spacial score (nSPS) is 12.1. The highest BCUT2D eigenvalue weighted by Gasteiger charge is 1.93. The van der Waals surface area contributed by atoms with Gasteiger partial charge in [0.2, 0.25) is 0 Å². The number of aliphatic hydroxyl groups excluding tert-OH is 1. The summed E-state index contributed by atoms with van der Waals surface area (Å²) in [6.45, 7) is 4.89. The van der Waals surface area contributed by atoms with Crippen LogP contribution in [0, 0.1) is 0 Å². The van der Waals surface area contributed by atoms with Crippen LogP contribution in [0.1, 0.15) is 90.9 Å². The van der Waals surface area contributed by atoms with E-state index < -0.39 is 0 Å². The number of hydrogen-bond donors (Lipinski definition) is 1. The van der Waals surface area contributed by atoms with Gasteiger partial charge in [0.1, 0.15) is 0 Å². The summed E-state index contributed by atoms with van der Waals surface area (Å²) in [4.78, 5) is 0. The topological polar surface area (TPSA) is 20.2 Å². The smallest absolute Gasteiger partial charge is 0.0431 e. The van der Waals surface area contributed by atoms with Crippen molar-refractivity contribution in [1.29, 1.82) is 0 Å². The van der Waals surface area contributed by atoms with Gasteiger partial charge in [-0.25, -0.2) is 0 Å². The first-order valence-corrected chi connectivity index (χ1v) is 8.07. The average molecular weight is 254 g/mol. The van der Waals surface area contributed by atoms with Crippen LogP contribution in [0.3, 0.4) is 0 Å². The first kappa shape index (κ1) is 17.7. The molecule has 0 unspecified atom stereocenters. The number of hydrogen-bond acceptors (Lipinski definition) is 1.